The lowest BCUT2D eigenvalue weighted by Crippen LogP contribution is -2.46. The number of phosphoric ester groups is 3. The van der Waals surface area contributed by atoms with Crippen molar-refractivity contribution >= 4 is 87.0 Å². The summed E-state index contributed by atoms with van der Waals surface area (Å²) in [5, 5.41) is 69.7. The number of aliphatic hydroxyl groups is 4. The smallest absolute Gasteiger partial charge is 0.306 e. The summed E-state index contributed by atoms with van der Waals surface area (Å²) >= 11 is 0.760. The monoisotopic (exact) mass is 1070 g/mol. The molecule has 8 atom stereocenters. The van der Waals surface area contributed by atoms with Crippen LogP contribution >= 0.6 is 35.2 Å². The molecular weight excluding hydrogens is 1020 g/mol. The lowest BCUT2D eigenvalue weighted by molar-refractivity contribution is -0.347. The second-order valence-corrected chi connectivity index (χ2v) is 21.3. The number of ether oxygens (including phenoxy) is 1. The Balaban J connectivity index is 0.00000131. The van der Waals surface area contributed by atoms with E-state index in [0.717, 1.165) is 42.8 Å². The lowest BCUT2D eigenvalue weighted by Gasteiger charge is -2.36. The molecule has 2 aromatic heterocycles. The van der Waals surface area contributed by atoms with Gasteiger partial charge in [0.1, 0.15) is 36.3 Å². The van der Waals surface area contributed by atoms with Gasteiger partial charge in [0.15, 0.2) is 22.8 Å². The van der Waals surface area contributed by atoms with E-state index in [-0.39, 0.29) is 42.2 Å². The zero-order chi connectivity index (χ0) is 52.9. The maximum absolute atomic E-state index is 12.5. The molecule has 69 heavy (non-hydrogen) atoms. The van der Waals surface area contributed by atoms with Crippen molar-refractivity contribution in [3.8, 4) is 0 Å². The number of nitrogen functional groups attached to an aromatic ring is 1. The SMILES string of the molecule is CC(C)(COP(=O)([O-])OP(=O)([O-])OCC1OC(n2cnc3c(N)ncnc32)C(O)C1OP(=O)([O-])[O-])C(O)C(=O)NCCC(=O)NCCSC(=O)C[C@@](C)(O)CC(=O)O.CC(O)(CC(=O)O)CC(=O)O. The molecule has 3 rings (SSSR count). The minimum absolute atomic E-state index is 0.00514. The van der Waals surface area contributed by atoms with E-state index in [1.54, 1.807) is 0 Å². The van der Waals surface area contributed by atoms with E-state index in [4.69, 9.17) is 30.9 Å². The number of carboxylic acid groups (broad SMARTS) is 3. The number of hydrogen-bond donors (Lipinski definition) is 10. The van der Waals surface area contributed by atoms with Crippen molar-refractivity contribution in [2.75, 3.05) is 37.8 Å². The topological polar surface area (TPSA) is 527 Å². The lowest BCUT2D eigenvalue weighted by atomic mass is 9.87. The highest BCUT2D eigenvalue weighted by molar-refractivity contribution is 8.13. The number of phosphoric acid groups is 3. The van der Waals surface area contributed by atoms with Crippen molar-refractivity contribution in [2.24, 2.45) is 5.41 Å². The summed E-state index contributed by atoms with van der Waals surface area (Å²) in [5.41, 5.74) is 0.584. The molecule has 0 spiro atoms. The first kappa shape index (κ1) is 61.0. The number of imidazole rings is 1. The molecule has 32 nitrogen and oxygen atoms in total. The van der Waals surface area contributed by atoms with Gasteiger partial charge in [-0.2, -0.15) is 0 Å². The fourth-order valence-electron chi connectivity index (χ4n) is 5.74. The third-order valence-electron chi connectivity index (χ3n) is 8.86. The van der Waals surface area contributed by atoms with Gasteiger partial charge < -0.3 is 94.6 Å². The van der Waals surface area contributed by atoms with Gasteiger partial charge in [-0.15, -0.1) is 0 Å². The highest BCUT2D eigenvalue weighted by Gasteiger charge is 2.47. The van der Waals surface area contributed by atoms with Crippen LogP contribution in [0.1, 0.15) is 66.0 Å². The molecule has 0 aliphatic carbocycles. The number of aromatic nitrogens is 4. The molecule has 0 saturated carbocycles. The number of nitrogens with two attached hydrogens (primary N) is 1. The second kappa shape index (κ2) is 25.3. The number of anilines is 1. The van der Waals surface area contributed by atoms with Crippen molar-refractivity contribution in [3.63, 3.8) is 0 Å². The Morgan fingerprint density at radius 2 is 1.42 bits per heavy atom. The molecule has 3 heterocycles. The maximum Gasteiger partial charge on any atom is 0.306 e. The zero-order valence-corrected chi connectivity index (χ0v) is 40.2. The molecule has 7 unspecified atom stereocenters. The average Bonchev–Trinajstić information content (AvgIpc) is 3.73. The van der Waals surface area contributed by atoms with Crippen molar-refractivity contribution in [3.05, 3.63) is 12.7 Å². The minimum atomic E-state index is -5.94. The predicted octanol–water partition coefficient (Wildman–Crippen LogP) is -4.56. The van der Waals surface area contributed by atoms with Crippen molar-refractivity contribution < 1.29 is 120 Å². The quantitative estimate of drug-likeness (QED) is 0.0297. The van der Waals surface area contributed by atoms with Gasteiger partial charge in [0, 0.05) is 37.1 Å². The number of carbonyl (C=O) groups is 6. The molecule has 2 aromatic rings. The number of thioether (sulfide) groups is 1. The Hall–Kier alpha value is -4.11. The number of nitrogens with one attached hydrogen (secondary N) is 2. The second-order valence-electron chi connectivity index (χ2n) is 16.1. The molecule has 1 aliphatic rings. The van der Waals surface area contributed by atoms with Crippen LogP contribution in [0.4, 0.5) is 5.82 Å². The number of rotatable bonds is 27. The van der Waals surface area contributed by atoms with Gasteiger partial charge in [0.05, 0.1) is 57.8 Å². The van der Waals surface area contributed by atoms with Crippen LogP contribution in [0, 0.1) is 5.41 Å². The van der Waals surface area contributed by atoms with Crippen LogP contribution in [0.2, 0.25) is 0 Å². The zero-order valence-electron chi connectivity index (χ0n) is 36.7. The van der Waals surface area contributed by atoms with E-state index < -0.39 is 144 Å². The number of aliphatic hydroxyl groups excluding tert-OH is 2. The number of fused-ring (bicyclic) bond motifs is 1. The van der Waals surface area contributed by atoms with Crippen LogP contribution in [0.3, 0.4) is 0 Å². The Labute approximate surface area is 394 Å². The molecule has 392 valence electrons. The molecular formula is C33H50N7O25P3S-4. The number of carboxylic acids is 3. The Kier molecular flexibility index (Phi) is 22.4. The van der Waals surface area contributed by atoms with E-state index in [2.05, 4.69) is 43.5 Å². The predicted molar refractivity (Wildman–Crippen MR) is 221 cm³/mol. The number of nitrogens with zero attached hydrogens (tertiary/aromatic N) is 4. The normalized spacial score (nSPS) is 20.6. The van der Waals surface area contributed by atoms with Crippen LogP contribution in [0.5, 0.6) is 0 Å². The fourth-order valence-corrected chi connectivity index (χ4v) is 9.32. The van der Waals surface area contributed by atoms with Gasteiger partial charge in [-0.05, 0) is 13.8 Å². The molecule has 11 N–H and O–H groups in total. The third-order valence-corrected chi connectivity index (χ3v) is 12.7. The third kappa shape index (κ3) is 21.8. The summed E-state index contributed by atoms with van der Waals surface area (Å²) in [6.07, 6.45) is -10.0. The maximum atomic E-state index is 12.5. The van der Waals surface area contributed by atoms with Gasteiger partial charge in [-0.3, -0.25) is 42.5 Å². The van der Waals surface area contributed by atoms with Gasteiger partial charge in [-0.1, -0.05) is 25.6 Å². The standard InChI is InChI=1S/C27H44N7O20P3S.C6H10O5/c1-26(2,21(40)24(41)30-5-4-15(35)29-6-7-58-17(38)9-27(3,42)8-16(36)37)11-51-57(48,49)54-56(46,47)50-10-14-20(53-55(43,44)45)19(39)25(52-14)34-13-33-18-22(28)31-12-32-23(18)34;1-6(11,2-4(7)8)3-5(9)10/h12-14,19-21,25,39-40,42H,4-11H2,1-3H3,(H,29,35)(H,30,41)(H,36,37)(H,46,47)(H,48,49)(H2,28,31,32)(H2,43,44,45);11H,2-3H2,1H3,(H,7,8)(H,9,10)/p-4/t14?,19?,20?,21?,25?,27-;/m0./s1. The number of amides is 2. The van der Waals surface area contributed by atoms with Crippen LogP contribution in [0.25, 0.3) is 11.2 Å². The summed E-state index contributed by atoms with van der Waals surface area (Å²) in [4.78, 5) is 127. The van der Waals surface area contributed by atoms with Crippen molar-refractivity contribution in [1.29, 1.82) is 0 Å². The summed E-state index contributed by atoms with van der Waals surface area (Å²) in [5.74, 6) is -5.35. The highest BCUT2D eigenvalue weighted by atomic mass is 32.2. The largest absolute Gasteiger partial charge is 0.790 e. The van der Waals surface area contributed by atoms with E-state index in [1.807, 2.05) is 0 Å². The minimum Gasteiger partial charge on any atom is -0.790 e. The number of hydrogen-bond acceptors (Lipinski definition) is 27. The molecule has 36 heteroatoms. The van der Waals surface area contributed by atoms with Gasteiger partial charge in [-0.25, -0.2) is 19.3 Å². The first-order chi connectivity index (χ1) is 31.5. The number of aliphatic carboxylic acids is 3. The van der Waals surface area contributed by atoms with E-state index in [9.17, 15) is 77.4 Å². The molecule has 1 fully saturated rings. The van der Waals surface area contributed by atoms with Gasteiger partial charge in [0.2, 0.25) is 11.8 Å². The summed E-state index contributed by atoms with van der Waals surface area (Å²) in [6, 6.07) is 0. The number of carbonyl (C=O) groups excluding carboxylic acids is 3. The Morgan fingerprint density at radius 3 is 1.97 bits per heavy atom. The van der Waals surface area contributed by atoms with Crippen LogP contribution in [0.15, 0.2) is 12.7 Å². The first-order valence-electron chi connectivity index (χ1n) is 19.5. The summed E-state index contributed by atoms with van der Waals surface area (Å²) in [6.45, 7) is 2.06. The Bertz CT molecular complexity index is 2280. The first-order valence-corrected chi connectivity index (χ1v) is 24.9. The fraction of sp³-hybridized carbons (Fsp3) is 0.667. The summed E-state index contributed by atoms with van der Waals surface area (Å²) < 4.78 is 60.4. The van der Waals surface area contributed by atoms with Crippen LogP contribution in [-0.2, 0) is 65.1 Å². The van der Waals surface area contributed by atoms with E-state index in [1.165, 1.54) is 13.8 Å². The van der Waals surface area contributed by atoms with Crippen LogP contribution in [-0.4, -0.2) is 158 Å². The van der Waals surface area contributed by atoms with Crippen molar-refractivity contribution in [1.82, 2.24) is 30.2 Å². The van der Waals surface area contributed by atoms with Crippen molar-refractivity contribution in [2.45, 2.75) is 102 Å². The van der Waals surface area contributed by atoms with Crippen LogP contribution < -0.4 is 35.9 Å². The Morgan fingerprint density at radius 1 is 0.870 bits per heavy atom. The van der Waals surface area contributed by atoms with E-state index in [0.29, 0.717) is 0 Å². The summed E-state index contributed by atoms with van der Waals surface area (Å²) in [7, 11) is -17.7. The van der Waals surface area contributed by atoms with Gasteiger partial charge in [0.25, 0.3) is 15.6 Å². The van der Waals surface area contributed by atoms with Gasteiger partial charge >= 0.3 is 17.9 Å². The molecule has 0 radical (unpaired) electrons. The molecule has 0 aromatic carbocycles. The molecule has 0 bridgehead atoms. The molecule has 2 amide bonds. The molecule has 1 saturated heterocycles. The molecule has 1 aliphatic heterocycles. The average molecular weight is 1070 g/mol. The van der Waals surface area contributed by atoms with E-state index >= 15 is 0 Å². The highest BCUT2D eigenvalue weighted by Crippen LogP contribution is 2.56.